The van der Waals surface area contributed by atoms with Crippen LogP contribution in [-0.4, -0.2) is 46.7 Å². The van der Waals surface area contributed by atoms with Crippen molar-refractivity contribution in [2.45, 2.75) is 26.8 Å². The number of halogens is 1. The number of rotatable bonds is 5. The largest absolute Gasteiger partial charge is 0.378 e. The van der Waals surface area contributed by atoms with Gasteiger partial charge in [0.1, 0.15) is 5.01 Å². The van der Waals surface area contributed by atoms with Crippen LogP contribution in [0.15, 0.2) is 35.7 Å². The van der Waals surface area contributed by atoms with Crippen molar-refractivity contribution in [3.63, 3.8) is 0 Å². The normalized spacial score (nSPS) is 14.4. The van der Waals surface area contributed by atoms with Crippen molar-refractivity contribution in [1.82, 2.24) is 14.5 Å². The highest BCUT2D eigenvalue weighted by atomic mass is 35.5. The fourth-order valence-corrected chi connectivity index (χ4v) is 4.65. The maximum absolute atomic E-state index is 12.5. The minimum atomic E-state index is 0.124. The van der Waals surface area contributed by atoms with Crippen LogP contribution in [0.25, 0.3) is 11.3 Å². The van der Waals surface area contributed by atoms with Crippen molar-refractivity contribution < 1.29 is 9.53 Å². The van der Waals surface area contributed by atoms with Crippen molar-refractivity contribution >= 4 is 28.8 Å². The number of carbonyl (C=O) groups is 1. The summed E-state index contributed by atoms with van der Waals surface area (Å²) in [6, 6.07) is 10.1. The Labute approximate surface area is 179 Å². The zero-order valence-corrected chi connectivity index (χ0v) is 18.2. The number of nitrogens with zero attached hydrogens (tertiary/aromatic N) is 3. The standard InChI is InChI=1S/C22H24ClN3O2S/c1-15-11-18(16(2)26(15)13-17-5-3-4-6-19(17)23)20-14-29-21(24-20)12-22(27)25-7-9-28-10-8-25/h3-6,11,14H,7-10,12-13H2,1-2H3. The van der Waals surface area contributed by atoms with E-state index in [2.05, 4.69) is 30.5 Å². The fraction of sp³-hybridized carbons (Fsp3) is 0.364. The Balaban J connectivity index is 1.52. The third-order valence-corrected chi connectivity index (χ3v) is 6.57. The van der Waals surface area contributed by atoms with Gasteiger partial charge in [-0.25, -0.2) is 4.98 Å². The molecular weight excluding hydrogens is 406 g/mol. The molecular formula is C22H24ClN3O2S. The molecule has 152 valence electrons. The molecule has 1 saturated heterocycles. The second-order valence-corrected chi connectivity index (χ2v) is 8.61. The second kappa shape index (κ2) is 8.69. The molecule has 2 aromatic heterocycles. The van der Waals surface area contributed by atoms with Gasteiger partial charge in [-0.2, -0.15) is 0 Å². The van der Waals surface area contributed by atoms with Crippen LogP contribution >= 0.6 is 22.9 Å². The highest BCUT2D eigenvalue weighted by Crippen LogP contribution is 2.30. The quantitative estimate of drug-likeness (QED) is 0.606. The predicted octanol–water partition coefficient (Wildman–Crippen LogP) is 4.33. The molecule has 1 aliphatic heterocycles. The van der Waals surface area contributed by atoms with Gasteiger partial charge in [0, 0.05) is 47.0 Å². The summed E-state index contributed by atoms with van der Waals surface area (Å²) in [6.45, 7) is 7.50. The molecule has 0 unspecified atom stereocenters. The van der Waals surface area contributed by atoms with E-state index in [0.717, 1.165) is 44.8 Å². The zero-order chi connectivity index (χ0) is 20.4. The zero-order valence-electron chi connectivity index (χ0n) is 16.7. The lowest BCUT2D eigenvalue weighted by Gasteiger charge is -2.26. The van der Waals surface area contributed by atoms with Crippen molar-refractivity contribution in [3.05, 3.63) is 62.7 Å². The summed E-state index contributed by atoms with van der Waals surface area (Å²) >= 11 is 7.90. The van der Waals surface area contributed by atoms with E-state index in [9.17, 15) is 4.79 Å². The third kappa shape index (κ3) is 4.39. The van der Waals surface area contributed by atoms with Crippen LogP contribution in [0.4, 0.5) is 0 Å². The van der Waals surface area contributed by atoms with E-state index in [-0.39, 0.29) is 5.91 Å². The number of hydrogen-bond donors (Lipinski definition) is 0. The average Bonchev–Trinajstić information content (AvgIpc) is 3.29. The number of ether oxygens (including phenoxy) is 1. The molecule has 1 aliphatic rings. The van der Waals surface area contributed by atoms with Gasteiger partial charge in [-0.1, -0.05) is 29.8 Å². The van der Waals surface area contributed by atoms with Gasteiger partial charge in [0.05, 0.1) is 25.3 Å². The molecule has 3 aromatic rings. The van der Waals surface area contributed by atoms with E-state index in [1.54, 1.807) is 11.3 Å². The number of thiazole rings is 1. The lowest BCUT2D eigenvalue weighted by atomic mass is 10.2. The Morgan fingerprint density at radius 1 is 1.24 bits per heavy atom. The Hall–Kier alpha value is -2.15. The van der Waals surface area contributed by atoms with Crippen molar-refractivity contribution in [2.24, 2.45) is 0 Å². The minimum absolute atomic E-state index is 0.124. The Morgan fingerprint density at radius 2 is 2.00 bits per heavy atom. The number of carbonyl (C=O) groups excluding carboxylic acids is 1. The summed E-state index contributed by atoms with van der Waals surface area (Å²) in [6.07, 6.45) is 0.350. The van der Waals surface area contributed by atoms with E-state index < -0.39 is 0 Å². The minimum Gasteiger partial charge on any atom is -0.378 e. The van der Waals surface area contributed by atoms with Crippen LogP contribution in [0.2, 0.25) is 5.02 Å². The molecule has 0 aliphatic carbocycles. The molecule has 3 heterocycles. The van der Waals surface area contributed by atoms with Crippen LogP contribution in [0.1, 0.15) is 22.0 Å². The van der Waals surface area contributed by atoms with Gasteiger partial charge in [-0.05, 0) is 31.5 Å². The Morgan fingerprint density at radius 3 is 2.76 bits per heavy atom. The fourth-order valence-electron chi connectivity index (χ4n) is 3.67. The number of hydrogen-bond acceptors (Lipinski definition) is 4. The van der Waals surface area contributed by atoms with Crippen LogP contribution in [-0.2, 0) is 22.5 Å². The summed E-state index contributed by atoms with van der Waals surface area (Å²) < 4.78 is 7.58. The summed E-state index contributed by atoms with van der Waals surface area (Å²) in [5, 5.41) is 3.68. The van der Waals surface area contributed by atoms with Gasteiger partial charge in [0.15, 0.2) is 0 Å². The van der Waals surface area contributed by atoms with Crippen molar-refractivity contribution in [1.29, 1.82) is 0 Å². The summed E-state index contributed by atoms with van der Waals surface area (Å²) in [5.41, 5.74) is 5.45. The van der Waals surface area contributed by atoms with Gasteiger partial charge in [-0.15, -0.1) is 11.3 Å². The third-order valence-electron chi connectivity index (χ3n) is 5.35. The molecule has 0 saturated carbocycles. The maximum Gasteiger partial charge on any atom is 0.229 e. The van der Waals surface area contributed by atoms with E-state index in [0.29, 0.717) is 32.7 Å². The molecule has 0 spiro atoms. The first kappa shape index (κ1) is 20.1. The molecule has 4 rings (SSSR count). The Bertz CT molecular complexity index is 1020. The molecule has 1 fully saturated rings. The highest BCUT2D eigenvalue weighted by Gasteiger charge is 2.20. The number of aromatic nitrogens is 2. The molecule has 0 bridgehead atoms. The first-order valence-electron chi connectivity index (χ1n) is 9.73. The van der Waals surface area contributed by atoms with Crippen LogP contribution in [0.3, 0.4) is 0 Å². The van der Waals surface area contributed by atoms with Crippen LogP contribution < -0.4 is 0 Å². The van der Waals surface area contributed by atoms with Gasteiger partial charge < -0.3 is 14.2 Å². The van der Waals surface area contributed by atoms with Crippen molar-refractivity contribution in [3.8, 4) is 11.3 Å². The molecule has 1 amide bonds. The molecule has 0 radical (unpaired) electrons. The Kier molecular flexibility index (Phi) is 6.04. The van der Waals surface area contributed by atoms with Gasteiger partial charge in [-0.3, -0.25) is 4.79 Å². The van der Waals surface area contributed by atoms with Gasteiger partial charge >= 0.3 is 0 Å². The molecule has 0 N–H and O–H groups in total. The molecule has 0 atom stereocenters. The van der Waals surface area contributed by atoms with Gasteiger partial charge in [0.2, 0.25) is 5.91 Å². The number of morpholine rings is 1. The highest BCUT2D eigenvalue weighted by molar-refractivity contribution is 7.10. The first-order chi connectivity index (χ1) is 14.0. The average molecular weight is 430 g/mol. The van der Waals surface area contributed by atoms with E-state index in [4.69, 9.17) is 21.3 Å². The number of benzene rings is 1. The topological polar surface area (TPSA) is 47.4 Å². The number of aryl methyl sites for hydroxylation is 1. The molecule has 5 nitrogen and oxygen atoms in total. The predicted molar refractivity (Wildman–Crippen MR) is 117 cm³/mol. The summed E-state index contributed by atoms with van der Waals surface area (Å²) in [4.78, 5) is 19.1. The number of amides is 1. The molecule has 1 aromatic carbocycles. The monoisotopic (exact) mass is 429 g/mol. The van der Waals surface area contributed by atoms with Crippen LogP contribution in [0.5, 0.6) is 0 Å². The van der Waals surface area contributed by atoms with E-state index in [1.165, 1.54) is 0 Å². The lowest BCUT2D eigenvalue weighted by Crippen LogP contribution is -2.41. The second-order valence-electron chi connectivity index (χ2n) is 7.26. The van der Waals surface area contributed by atoms with Crippen molar-refractivity contribution in [2.75, 3.05) is 26.3 Å². The lowest BCUT2D eigenvalue weighted by molar-refractivity contribution is -0.134. The van der Waals surface area contributed by atoms with Gasteiger partial charge in [0.25, 0.3) is 0 Å². The maximum atomic E-state index is 12.5. The first-order valence-corrected chi connectivity index (χ1v) is 11.0. The summed E-state index contributed by atoms with van der Waals surface area (Å²) in [5.74, 6) is 0.124. The smallest absolute Gasteiger partial charge is 0.229 e. The van der Waals surface area contributed by atoms with E-state index in [1.807, 2.05) is 28.5 Å². The summed E-state index contributed by atoms with van der Waals surface area (Å²) in [7, 11) is 0. The SMILES string of the molecule is Cc1cc(-c2csc(CC(=O)N3CCOCC3)n2)c(C)n1Cc1ccccc1Cl. The van der Waals surface area contributed by atoms with Crippen LogP contribution in [0, 0.1) is 13.8 Å². The molecule has 29 heavy (non-hydrogen) atoms. The van der Waals surface area contributed by atoms with E-state index >= 15 is 0 Å². The molecule has 7 heteroatoms.